The van der Waals surface area contributed by atoms with Gasteiger partial charge in [-0.25, -0.2) is 0 Å². The molecule has 1 aromatic carbocycles. The molecule has 1 heterocycles. The number of nitrogens with one attached hydrogen (secondary N) is 1. The highest BCUT2D eigenvalue weighted by Gasteiger charge is 2.29. The Labute approximate surface area is 112 Å². The predicted octanol–water partition coefficient (Wildman–Crippen LogP) is 0.194. The molecule has 2 atom stereocenters. The standard InChI is InChI=1S/C13H19N3O3/c1-9-8-19-12(7-17)6-16(9)13(18)10-2-4-11(15-14)5-3-10/h2-5,9,12,15,17H,6-8,14H2,1H3. The number of rotatable bonds is 3. The average molecular weight is 265 g/mol. The third-order valence-electron chi connectivity index (χ3n) is 3.27. The van der Waals surface area contributed by atoms with Gasteiger partial charge in [-0.2, -0.15) is 0 Å². The van der Waals surface area contributed by atoms with Crippen molar-refractivity contribution in [1.29, 1.82) is 0 Å². The van der Waals surface area contributed by atoms with E-state index >= 15 is 0 Å². The van der Waals surface area contributed by atoms with Crippen LogP contribution in [0.3, 0.4) is 0 Å². The summed E-state index contributed by atoms with van der Waals surface area (Å²) < 4.78 is 5.42. The van der Waals surface area contributed by atoms with Crippen LogP contribution < -0.4 is 11.3 Å². The maximum Gasteiger partial charge on any atom is 0.254 e. The summed E-state index contributed by atoms with van der Waals surface area (Å²) in [5.41, 5.74) is 3.87. The summed E-state index contributed by atoms with van der Waals surface area (Å²) in [4.78, 5) is 14.1. The molecule has 1 aromatic rings. The van der Waals surface area contributed by atoms with Crippen LogP contribution in [-0.2, 0) is 4.74 Å². The number of carbonyl (C=O) groups excluding carboxylic acids is 1. The van der Waals surface area contributed by atoms with Gasteiger partial charge < -0.3 is 20.2 Å². The van der Waals surface area contributed by atoms with Crippen molar-refractivity contribution in [3.05, 3.63) is 29.8 Å². The van der Waals surface area contributed by atoms with Gasteiger partial charge in [0.1, 0.15) is 0 Å². The van der Waals surface area contributed by atoms with Gasteiger partial charge >= 0.3 is 0 Å². The molecule has 6 nitrogen and oxygen atoms in total. The van der Waals surface area contributed by atoms with Gasteiger partial charge in [0.15, 0.2) is 0 Å². The first-order valence-electron chi connectivity index (χ1n) is 6.25. The summed E-state index contributed by atoms with van der Waals surface area (Å²) in [6, 6.07) is 6.97. The quantitative estimate of drug-likeness (QED) is 0.536. The summed E-state index contributed by atoms with van der Waals surface area (Å²) in [5.74, 6) is 5.23. The van der Waals surface area contributed by atoms with Crippen LogP contribution in [0.15, 0.2) is 24.3 Å². The first kappa shape index (κ1) is 13.8. The smallest absolute Gasteiger partial charge is 0.254 e. The predicted molar refractivity (Wildman–Crippen MR) is 71.6 cm³/mol. The number of hydrogen-bond acceptors (Lipinski definition) is 5. The van der Waals surface area contributed by atoms with E-state index in [4.69, 9.17) is 15.7 Å². The molecule has 1 saturated heterocycles. The van der Waals surface area contributed by atoms with Gasteiger partial charge in [0, 0.05) is 17.8 Å². The van der Waals surface area contributed by atoms with Crippen LogP contribution in [-0.4, -0.2) is 47.8 Å². The van der Waals surface area contributed by atoms with Crippen LogP contribution in [0.5, 0.6) is 0 Å². The maximum absolute atomic E-state index is 12.4. The van der Waals surface area contributed by atoms with Crippen LogP contribution in [0.25, 0.3) is 0 Å². The summed E-state index contributed by atoms with van der Waals surface area (Å²) >= 11 is 0. The van der Waals surface area contributed by atoms with Crippen LogP contribution in [0.2, 0.25) is 0 Å². The molecular weight excluding hydrogens is 246 g/mol. The number of ether oxygens (including phenoxy) is 1. The monoisotopic (exact) mass is 265 g/mol. The van der Waals surface area contributed by atoms with Crippen molar-refractivity contribution >= 4 is 11.6 Å². The van der Waals surface area contributed by atoms with E-state index in [1.165, 1.54) is 0 Å². The highest BCUT2D eigenvalue weighted by molar-refractivity contribution is 5.94. The number of nitrogen functional groups attached to an aromatic ring is 1. The number of aliphatic hydroxyl groups excluding tert-OH is 1. The highest BCUT2D eigenvalue weighted by Crippen LogP contribution is 2.17. The van der Waals surface area contributed by atoms with Crippen LogP contribution in [0, 0.1) is 0 Å². The van der Waals surface area contributed by atoms with Crippen LogP contribution >= 0.6 is 0 Å². The van der Waals surface area contributed by atoms with Crippen molar-refractivity contribution in [3.63, 3.8) is 0 Å². The minimum absolute atomic E-state index is 0.00242. The first-order valence-corrected chi connectivity index (χ1v) is 6.25. The van der Waals surface area contributed by atoms with E-state index < -0.39 is 0 Å². The minimum atomic E-state index is -0.301. The fourth-order valence-electron chi connectivity index (χ4n) is 2.09. The van der Waals surface area contributed by atoms with Gasteiger partial charge in [-0.15, -0.1) is 0 Å². The largest absolute Gasteiger partial charge is 0.394 e. The molecule has 19 heavy (non-hydrogen) atoms. The Hall–Kier alpha value is -1.63. The molecule has 1 aliphatic heterocycles. The lowest BCUT2D eigenvalue weighted by Gasteiger charge is -2.37. The third kappa shape index (κ3) is 3.04. The number of hydrazine groups is 1. The highest BCUT2D eigenvalue weighted by atomic mass is 16.5. The summed E-state index contributed by atoms with van der Waals surface area (Å²) in [6.07, 6.45) is -0.301. The molecule has 2 unspecified atom stereocenters. The number of nitrogens with zero attached hydrogens (tertiary/aromatic N) is 1. The van der Waals surface area contributed by atoms with Gasteiger partial charge in [0.25, 0.3) is 5.91 Å². The number of aliphatic hydroxyl groups is 1. The molecule has 0 radical (unpaired) electrons. The molecule has 0 spiro atoms. The molecular formula is C13H19N3O3. The van der Waals surface area contributed by atoms with E-state index in [1.807, 2.05) is 6.92 Å². The second kappa shape index (κ2) is 6.01. The van der Waals surface area contributed by atoms with E-state index in [2.05, 4.69) is 5.43 Å². The molecule has 1 aliphatic rings. The second-order valence-corrected chi connectivity index (χ2v) is 4.67. The zero-order valence-corrected chi connectivity index (χ0v) is 10.9. The molecule has 6 heteroatoms. The van der Waals surface area contributed by atoms with Crippen molar-refractivity contribution < 1.29 is 14.6 Å². The first-order chi connectivity index (χ1) is 9.15. The van der Waals surface area contributed by atoms with Crippen molar-refractivity contribution in [2.24, 2.45) is 5.84 Å². The van der Waals surface area contributed by atoms with E-state index in [-0.39, 0.29) is 24.7 Å². The number of benzene rings is 1. The van der Waals surface area contributed by atoms with E-state index in [1.54, 1.807) is 29.2 Å². The number of amides is 1. The van der Waals surface area contributed by atoms with Crippen LogP contribution in [0.4, 0.5) is 5.69 Å². The number of anilines is 1. The Morgan fingerprint density at radius 1 is 1.53 bits per heavy atom. The number of hydrogen-bond donors (Lipinski definition) is 3. The molecule has 0 aromatic heterocycles. The Kier molecular flexibility index (Phi) is 4.36. The molecule has 0 bridgehead atoms. The van der Waals surface area contributed by atoms with E-state index in [0.717, 1.165) is 5.69 Å². The van der Waals surface area contributed by atoms with Gasteiger partial charge in [-0.3, -0.25) is 10.6 Å². The fraction of sp³-hybridized carbons (Fsp3) is 0.462. The SMILES string of the molecule is CC1COC(CO)CN1C(=O)c1ccc(NN)cc1. The van der Waals surface area contributed by atoms with Crippen molar-refractivity contribution in [1.82, 2.24) is 4.90 Å². The van der Waals surface area contributed by atoms with Gasteiger partial charge in [-0.1, -0.05) is 0 Å². The number of morpholine rings is 1. The molecule has 1 amide bonds. The Bertz CT molecular complexity index is 435. The van der Waals surface area contributed by atoms with Crippen molar-refractivity contribution in [2.75, 3.05) is 25.2 Å². The van der Waals surface area contributed by atoms with Gasteiger partial charge in [0.2, 0.25) is 0 Å². The topological polar surface area (TPSA) is 87.8 Å². The molecule has 2 rings (SSSR count). The third-order valence-corrected chi connectivity index (χ3v) is 3.27. The fourth-order valence-corrected chi connectivity index (χ4v) is 2.09. The Balaban J connectivity index is 2.12. The summed E-state index contributed by atoms with van der Waals surface area (Å²) in [7, 11) is 0. The lowest BCUT2D eigenvalue weighted by molar-refractivity contribution is -0.0667. The van der Waals surface area contributed by atoms with E-state index in [9.17, 15) is 4.79 Å². The van der Waals surface area contributed by atoms with Crippen LogP contribution in [0.1, 0.15) is 17.3 Å². The number of carbonyl (C=O) groups is 1. The van der Waals surface area contributed by atoms with E-state index in [0.29, 0.717) is 18.7 Å². The van der Waals surface area contributed by atoms with Gasteiger partial charge in [0.05, 0.1) is 25.4 Å². The Morgan fingerprint density at radius 2 is 2.21 bits per heavy atom. The normalized spacial score (nSPS) is 23.2. The molecule has 104 valence electrons. The molecule has 0 aliphatic carbocycles. The lowest BCUT2D eigenvalue weighted by Crippen LogP contribution is -2.52. The number of nitrogens with two attached hydrogens (primary N) is 1. The molecule has 1 fully saturated rings. The Morgan fingerprint density at radius 3 is 2.79 bits per heavy atom. The van der Waals surface area contributed by atoms with Gasteiger partial charge in [-0.05, 0) is 31.2 Å². The lowest BCUT2D eigenvalue weighted by atomic mass is 10.1. The summed E-state index contributed by atoms with van der Waals surface area (Å²) in [5, 5.41) is 9.13. The summed E-state index contributed by atoms with van der Waals surface area (Å²) in [6.45, 7) is 2.71. The zero-order valence-electron chi connectivity index (χ0n) is 10.9. The van der Waals surface area contributed by atoms with Crippen molar-refractivity contribution in [2.45, 2.75) is 19.1 Å². The molecule has 4 N–H and O–H groups in total. The maximum atomic E-state index is 12.4. The minimum Gasteiger partial charge on any atom is -0.394 e. The zero-order chi connectivity index (χ0) is 13.8. The average Bonchev–Trinajstić information content (AvgIpc) is 2.47. The molecule has 0 saturated carbocycles. The van der Waals surface area contributed by atoms with Crippen molar-refractivity contribution in [3.8, 4) is 0 Å². The second-order valence-electron chi connectivity index (χ2n) is 4.67.